The topological polar surface area (TPSA) is 43.8 Å². The number of nitrogens with two attached hydrogens (primary N) is 1. The molecule has 0 spiro atoms. The molecule has 84 valence electrons. The molecule has 1 aromatic heterocycles. The zero-order valence-electron chi connectivity index (χ0n) is 9.44. The van der Waals surface area contributed by atoms with Crippen LogP contribution in [-0.2, 0) is 6.54 Å². The Hall–Kier alpha value is -0.480. The molecular weight excluding hydrogens is 206 g/mol. The van der Waals surface area contributed by atoms with Crippen LogP contribution >= 0.6 is 11.8 Å². The van der Waals surface area contributed by atoms with Crippen LogP contribution < -0.4 is 5.73 Å². The van der Waals surface area contributed by atoms with E-state index < -0.39 is 0 Å². The first-order valence-electron chi connectivity index (χ1n) is 5.50. The largest absolute Gasteiger partial charge is 0.332 e. The van der Waals surface area contributed by atoms with E-state index in [2.05, 4.69) is 28.2 Å². The molecule has 1 aliphatic rings. The molecular formula is C11H19N3S. The first kappa shape index (κ1) is 11.0. The first-order chi connectivity index (χ1) is 7.11. The summed E-state index contributed by atoms with van der Waals surface area (Å²) in [6, 6.07) is 0.0718. The molecule has 2 rings (SSSR count). The fourth-order valence-electron chi connectivity index (χ4n) is 2.16. The fourth-order valence-corrected chi connectivity index (χ4v) is 3.46. The van der Waals surface area contributed by atoms with E-state index in [0.717, 1.165) is 12.2 Å². The maximum Gasteiger partial charge on any atom is 0.0949 e. The number of thioether (sulfide) groups is 1. The van der Waals surface area contributed by atoms with E-state index in [9.17, 15) is 0 Å². The Morgan fingerprint density at radius 3 is 3.13 bits per heavy atom. The molecule has 1 aliphatic heterocycles. The summed E-state index contributed by atoms with van der Waals surface area (Å²) in [6.45, 7) is 5.39. The van der Waals surface area contributed by atoms with E-state index in [0.29, 0.717) is 4.75 Å². The Bertz CT molecular complexity index is 326. The van der Waals surface area contributed by atoms with Gasteiger partial charge in [0, 0.05) is 23.5 Å². The van der Waals surface area contributed by atoms with Gasteiger partial charge in [-0.3, -0.25) is 0 Å². The molecule has 1 fully saturated rings. The summed E-state index contributed by atoms with van der Waals surface area (Å²) >= 11 is 2.07. The van der Waals surface area contributed by atoms with Gasteiger partial charge in [-0.05, 0) is 32.4 Å². The lowest BCUT2D eigenvalue weighted by Crippen LogP contribution is -2.25. The quantitative estimate of drug-likeness (QED) is 0.857. The van der Waals surface area contributed by atoms with Gasteiger partial charge >= 0.3 is 0 Å². The molecule has 15 heavy (non-hydrogen) atoms. The minimum absolute atomic E-state index is 0.0718. The van der Waals surface area contributed by atoms with Crippen molar-refractivity contribution in [3.8, 4) is 0 Å². The zero-order chi connectivity index (χ0) is 10.9. The van der Waals surface area contributed by atoms with Gasteiger partial charge in [-0.2, -0.15) is 11.8 Å². The van der Waals surface area contributed by atoms with Gasteiger partial charge in [0.1, 0.15) is 0 Å². The second-order valence-electron chi connectivity index (χ2n) is 4.64. The average Bonchev–Trinajstić information content (AvgIpc) is 2.75. The number of nitrogens with zero attached hydrogens (tertiary/aromatic N) is 2. The summed E-state index contributed by atoms with van der Waals surface area (Å²) in [5.74, 6) is 1.29. The van der Waals surface area contributed by atoms with Gasteiger partial charge in [-0.1, -0.05) is 0 Å². The third-order valence-electron chi connectivity index (χ3n) is 3.02. The molecule has 4 heteroatoms. The van der Waals surface area contributed by atoms with E-state index in [1.54, 1.807) is 0 Å². The lowest BCUT2D eigenvalue weighted by Gasteiger charge is -2.24. The van der Waals surface area contributed by atoms with E-state index in [1.165, 1.54) is 18.6 Å². The van der Waals surface area contributed by atoms with Crippen LogP contribution in [0.4, 0.5) is 0 Å². The fraction of sp³-hybridized carbons (Fsp3) is 0.727. The van der Waals surface area contributed by atoms with Crippen LogP contribution in [0.25, 0.3) is 0 Å². The smallest absolute Gasteiger partial charge is 0.0949 e. The Morgan fingerprint density at radius 2 is 2.53 bits per heavy atom. The zero-order valence-corrected chi connectivity index (χ0v) is 10.3. The van der Waals surface area contributed by atoms with Gasteiger partial charge in [0.05, 0.1) is 12.0 Å². The van der Waals surface area contributed by atoms with E-state index >= 15 is 0 Å². The Kier molecular flexibility index (Phi) is 3.07. The van der Waals surface area contributed by atoms with Crippen molar-refractivity contribution in [3.05, 3.63) is 18.2 Å². The molecule has 1 aromatic rings. The predicted octanol–water partition coefficient (Wildman–Crippen LogP) is 2.19. The summed E-state index contributed by atoms with van der Waals surface area (Å²) in [5, 5.41) is 0. The third-order valence-corrected chi connectivity index (χ3v) is 4.54. The maximum atomic E-state index is 5.91. The summed E-state index contributed by atoms with van der Waals surface area (Å²) in [5.41, 5.74) is 7.05. The highest BCUT2D eigenvalue weighted by atomic mass is 32.2. The Balaban J connectivity index is 2.13. The number of rotatable bonds is 3. The van der Waals surface area contributed by atoms with E-state index in [1.807, 2.05) is 19.4 Å². The highest BCUT2D eigenvalue weighted by Gasteiger charge is 2.30. The van der Waals surface area contributed by atoms with Gasteiger partial charge in [-0.15, -0.1) is 0 Å². The SMILES string of the molecule is C[C@@H](N)c1cncn1CC1(C)CCCS1. The molecule has 3 nitrogen and oxygen atoms in total. The van der Waals surface area contributed by atoms with Gasteiger partial charge in [0.2, 0.25) is 0 Å². The Morgan fingerprint density at radius 1 is 1.73 bits per heavy atom. The van der Waals surface area contributed by atoms with Gasteiger partial charge in [0.25, 0.3) is 0 Å². The summed E-state index contributed by atoms with van der Waals surface area (Å²) in [4.78, 5) is 4.19. The number of imidazole rings is 1. The predicted molar refractivity (Wildman–Crippen MR) is 64.9 cm³/mol. The number of hydrogen-bond donors (Lipinski definition) is 1. The van der Waals surface area contributed by atoms with E-state index in [4.69, 9.17) is 5.73 Å². The lowest BCUT2D eigenvalue weighted by molar-refractivity contribution is 0.491. The summed E-state index contributed by atoms with van der Waals surface area (Å²) < 4.78 is 2.59. The van der Waals surface area contributed by atoms with Crippen LogP contribution in [0.3, 0.4) is 0 Å². The molecule has 0 saturated carbocycles. The monoisotopic (exact) mass is 225 g/mol. The van der Waals surface area contributed by atoms with Crippen LogP contribution in [0.5, 0.6) is 0 Å². The lowest BCUT2D eigenvalue weighted by atomic mass is 10.1. The Labute approximate surface area is 95.4 Å². The molecule has 2 atom stereocenters. The van der Waals surface area contributed by atoms with Crippen LogP contribution in [0.15, 0.2) is 12.5 Å². The van der Waals surface area contributed by atoms with Crippen molar-refractivity contribution in [2.75, 3.05) is 5.75 Å². The molecule has 0 aromatic carbocycles. The molecule has 1 saturated heterocycles. The molecule has 0 amide bonds. The van der Waals surface area contributed by atoms with Crippen molar-refractivity contribution in [2.45, 2.75) is 44.0 Å². The standard InChI is InChI=1S/C11H19N3S/c1-9(12)10-6-13-8-14(10)7-11(2)4-3-5-15-11/h6,8-9H,3-5,7,12H2,1-2H3/t9-,11?/m1/s1. The maximum absolute atomic E-state index is 5.91. The van der Waals surface area contributed by atoms with Crippen molar-refractivity contribution in [1.29, 1.82) is 0 Å². The minimum Gasteiger partial charge on any atom is -0.332 e. The summed E-state index contributed by atoms with van der Waals surface area (Å²) in [7, 11) is 0. The van der Waals surface area contributed by atoms with Crippen molar-refractivity contribution in [1.82, 2.24) is 9.55 Å². The van der Waals surface area contributed by atoms with Crippen LogP contribution in [0.2, 0.25) is 0 Å². The van der Waals surface area contributed by atoms with Crippen molar-refractivity contribution < 1.29 is 0 Å². The molecule has 0 aliphatic carbocycles. The summed E-state index contributed by atoms with van der Waals surface area (Å²) in [6.07, 6.45) is 6.42. The normalized spacial score (nSPS) is 28.2. The third kappa shape index (κ3) is 2.37. The molecule has 2 heterocycles. The van der Waals surface area contributed by atoms with Crippen LogP contribution in [-0.4, -0.2) is 20.1 Å². The second kappa shape index (κ2) is 4.18. The number of aromatic nitrogens is 2. The number of hydrogen-bond acceptors (Lipinski definition) is 3. The van der Waals surface area contributed by atoms with Crippen LogP contribution in [0.1, 0.15) is 38.4 Å². The average molecular weight is 225 g/mol. The van der Waals surface area contributed by atoms with Crippen molar-refractivity contribution in [3.63, 3.8) is 0 Å². The van der Waals surface area contributed by atoms with Crippen LogP contribution in [0, 0.1) is 0 Å². The molecule has 0 radical (unpaired) electrons. The highest BCUT2D eigenvalue weighted by Crippen LogP contribution is 2.39. The second-order valence-corrected chi connectivity index (χ2v) is 6.32. The molecule has 2 N–H and O–H groups in total. The molecule has 1 unspecified atom stereocenters. The molecule has 0 bridgehead atoms. The van der Waals surface area contributed by atoms with Crippen molar-refractivity contribution in [2.24, 2.45) is 5.73 Å². The van der Waals surface area contributed by atoms with Crippen molar-refractivity contribution >= 4 is 11.8 Å². The first-order valence-corrected chi connectivity index (χ1v) is 6.49. The minimum atomic E-state index is 0.0718. The van der Waals surface area contributed by atoms with E-state index in [-0.39, 0.29) is 6.04 Å². The highest BCUT2D eigenvalue weighted by molar-refractivity contribution is 8.00. The van der Waals surface area contributed by atoms with Gasteiger partial charge in [-0.25, -0.2) is 4.98 Å². The van der Waals surface area contributed by atoms with Gasteiger partial charge in [0.15, 0.2) is 0 Å². The van der Waals surface area contributed by atoms with Gasteiger partial charge < -0.3 is 10.3 Å².